The van der Waals surface area contributed by atoms with Crippen molar-refractivity contribution in [2.45, 2.75) is 46.0 Å². The fourth-order valence-corrected chi connectivity index (χ4v) is 4.48. The minimum absolute atomic E-state index is 0.921. The van der Waals surface area contributed by atoms with E-state index in [9.17, 15) is 0 Å². The van der Waals surface area contributed by atoms with Gasteiger partial charge in [-0.15, -0.1) is 0 Å². The van der Waals surface area contributed by atoms with Crippen LogP contribution in [0.5, 0.6) is 0 Å². The zero-order chi connectivity index (χ0) is 11.5. The predicted molar refractivity (Wildman–Crippen MR) is 74.1 cm³/mol. The standard InChI is InChI=1S/C14H28NP/c1-10-12(14-11(2)13(10)14)8-6-4-5-7-9-15-16-3/h10-16H,4-9H2,1-3H3. The third kappa shape index (κ3) is 2.62. The van der Waals surface area contributed by atoms with Gasteiger partial charge in [0.05, 0.1) is 0 Å². The maximum Gasteiger partial charge on any atom is -0.00123 e. The number of nitrogens with one attached hydrogen (secondary N) is 1. The number of unbranched alkanes of at least 4 members (excludes halogenated alkanes) is 3. The molecule has 0 aromatic heterocycles. The Balaban J connectivity index is 1.44. The summed E-state index contributed by atoms with van der Waals surface area (Å²) >= 11 is 0. The molecule has 0 saturated heterocycles. The third-order valence-electron chi connectivity index (χ3n) is 5.06. The van der Waals surface area contributed by atoms with E-state index in [1.165, 1.54) is 38.6 Å². The molecule has 1 N–H and O–H groups in total. The van der Waals surface area contributed by atoms with Crippen LogP contribution in [0.4, 0.5) is 0 Å². The van der Waals surface area contributed by atoms with Gasteiger partial charge < -0.3 is 0 Å². The molecule has 16 heavy (non-hydrogen) atoms. The monoisotopic (exact) mass is 241 g/mol. The van der Waals surface area contributed by atoms with Gasteiger partial charge in [-0.2, -0.15) is 0 Å². The fourth-order valence-electron chi connectivity index (χ4n) is 4.05. The van der Waals surface area contributed by atoms with E-state index in [0.29, 0.717) is 0 Å². The van der Waals surface area contributed by atoms with Crippen LogP contribution in [0.2, 0.25) is 0 Å². The summed E-state index contributed by atoms with van der Waals surface area (Å²) in [4.78, 5) is 0. The zero-order valence-electron chi connectivity index (χ0n) is 11.1. The Morgan fingerprint density at radius 3 is 2.31 bits per heavy atom. The van der Waals surface area contributed by atoms with Gasteiger partial charge in [0, 0.05) is 0 Å². The van der Waals surface area contributed by atoms with Crippen molar-refractivity contribution in [1.82, 2.24) is 5.09 Å². The second-order valence-corrected chi connectivity index (χ2v) is 6.77. The summed E-state index contributed by atoms with van der Waals surface area (Å²) in [5, 5.41) is 3.42. The molecule has 0 amide bonds. The Morgan fingerprint density at radius 1 is 0.938 bits per heavy atom. The molecule has 94 valence electrons. The van der Waals surface area contributed by atoms with Crippen LogP contribution in [-0.2, 0) is 0 Å². The van der Waals surface area contributed by atoms with E-state index in [1.807, 2.05) is 0 Å². The molecular formula is C14H28NP. The molecule has 6 atom stereocenters. The molecule has 2 heteroatoms. The molecular weight excluding hydrogens is 213 g/mol. The maximum atomic E-state index is 3.42. The van der Waals surface area contributed by atoms with Gasteiger partial charge in [0.25, 0.3) is 0 Å². The highest BCUT2D eigenvalue weighted by atomic mass is 31.1. The lowest BCUT2D eigenvalue weighted by atomic mass is 9.72. The maximum absolute atomic E-state index is 3.42. The summed E-state index contributed by atoms with van der Waals surface area (Å²) < 4.78 is 0. The molecule has 0 radical (unpaired) electrons. The summed E-state index contributed by atoms with van der Waals surface area (Å²) in [6, 6.07) is 0. The Kier molecular flexibility index (Phi) is 4.67. The molecule has 6 unspecified atom stereocenters. The molecule has 0 spiro atoms. The van der Waals surface area contributed by atoms with E-state index in [4.69, 9.17) is 0 Å². The number of hydrogen-bond acceptors (Lipinski definition) is 1. The van der Waals surface area contributed by atoms with Crippen molar-refractivity contribution in [2.75, 3.05) is 13.2 Å². The summed E-state index contributed by atoms with van der Waals surface area (Å²) in [5.41, 5.74) is 0. The molecule has 0 bridgehead atoms. The van der Waals surface area contributed by atoms with Crippen molar-refractivity contribution in [1.29, 1.82) is 0 Å². The largest absolute Gasteiger partial charge is 0.298 e. The average molecular weight is 241 g/mol. The Labute approximate surface area is 103 Å². The van der Waals surface area contributed by atoms with Gasteiger partial charge in [0.2, 0.25) is 0 Å². The van der Waals surface area contributed by atoms with E-state index in [0.717, 1.165) is 38.3 Å². The van der Waals surface area contributed by atoms with Gasteiger partial charge in [0.15, 0.2) is 0 Å². The summed E-state index contributed by atoms with van der Waals surface area (Å²) in [5.74, 6) is 5.53. The normalized spacial score (nSPS) is 41.1. The smallest absolute Gasteiger partial charge is 0.00123 e. The van der Waals surface area contributed by atoms with Crippen LogP contribution in [-0.4, -0.2) is 13.2 Å². The molecule has 0 heterocycles. The number of rotatable bonds is 8. The third-order valence-corrected chi connectivity index (χ3v) is 5.66. The van der Waals surface area contributed by atoms with Crippen molar-refractivity contribution in [3.63, 3.8) is 0 Å². The van der Waals surface area contributed by atoms with Crippen molar-refractivity contribution in [2.24, 2.45) is 29.6 Å². The van der Waals surface area contributed by atoms with Crippen molar-refractivity contribution in [3.8, 4) is 0 Å². The number of fused-ring (bicyclic) bond motifs is 1. The second-order valence-electron chi connectivity index (χ2n) is 5.92. The first-order valence-corrected chi connectivity index (χ1v) is 8.67. The van der Waals surface area contributed by atoms with Crippen LogP contribution in [0.15, 0.2) is 0 Å². The van der Waals surface area contributed by atoms with E-state index in [1.54, 1.807) is 0 Å². The van der Waals surface area contributed by atoms with Gasteiger partial charge >= 0.3 is 0 Å². The minimum Gasteiger partial charge on any atom is -0.298 e. The SMILES string of the molecule is CPNCCCCCCC1C(C)C2C(C)C12. The molecule has 2 fully saturated rings. The van der Waals surface area contributed by atoms with Crippen LogP contribution in [0.25, 0.3) is 0 Å². The van der Waals surface area contributed by atoms with Crippen molar-refractivity contribution in [3.05, 3.63) is 0 Å². The molecule has 0 aromatic carbocycles. The molecule has 2 saturated carbocycles. The van der Waals surface area contributed by atoms with E-state index in [-0.39, 0.29) is 0 Å². The first kappa shape index (κ1) is 12.8. The molecule has 1 nitrogen and oxygen atoms in total. The van der Waals surface area contributed by atoms with Crippen LogP contribution in [0, 0.1) is 29.6 Å². The molecule has 0 aromatic rings. The Bertz CT molecular complexity index is 213. The second kappa shape index (κ2) is 5.83. The van der Waals surface area contributed by atoms with Gasteiger partial charge in [-0.05, 0) is 55.6 Å². The average Bonchev–Trinajstić information content (AvgIpc) is 2.88. The highest BCUT2D eigenvalue weighted by Crippen LogP contribution is 2.69. The lowest BCUT2D eigenvalue weighted by molar-refractivity contribution is 0.157. The van der Waals surface area contributed by atoms with Crippen LogP contribution in [0.3, 0.4) is 0 Å². The van der Waals surface area contributed by atoms with Gasteiger partial charge in [-0.25, -0.2) is 0 Å². The van der Waals surface area contributed by atoms with Crippen LogP contribution < -0.4 is 5.09 Å². The topological polar surface area (TPSA) is 12.0 Å². The number of hydrogen-bond donors (Lipinski definition) is 1. The van der Waals surface area contributed by atoms with Crippen LogP contribution >= 0.6 is 8.73 Å². The quantitative estimate of drug-likeness (QED) is 0.502. The van der Waals surface area contributed by atoms with E-state index >= 15 is 0 Å². The van der Waals surface area contributed by atoms with Crippen molar-refractivity contribution < 1.29 is 0 Å². The van der Waals surface area contributed by atoms with E-state index in [2.05, 4.69) is 25.6 Å². The zero-order valence-corrected chi connectivity index (χ0v) is 12.1. The minimum atomic E-state index is 0.921. The molecule has 2 aliphatic carbocycles. The van der Waals surface area contributed by atoms with Gasteiger partial charge in [-0.3, -0.25) is 5.09 Å². The summed E-state index contributed by atoms with van der Waals surface area (Å²) in [7, 11) is 0.921. The van der Waals surface area contributed by atoms with E-state index < -0.39 is 0 Å². The first-order chi connectivity index (χ1) is 7.77. The van der Waals surface area contributed by atoms with Crippen molar-refractivity contribution >= 4 is 8.73 Å². The highest BCUT2D eigenvalue weighted by molar-refractivity contribution is 7.34. The Morgan fingerprint density at radius 2 is 1.69 bits per heavy atom. The first-order valence-electron chi connectivity index (χ1n) is 7.17. The fraction of sp³-hybridized carbons (Fsp3) is 1.00. The predicted octanol–water partition coefficient (Wildman–Crippen LogP) is 3.90. The van der Waals surface area contributed by atoms with Gasteiger partial charge in [-0.1, -0.05) is 41.8 Å². The highest BCUT2D eigenvalue weighted by Gasteiger charge is 2.64. The van der Waals surface area contributed by atoms with Gasteiger partial charge in [0.1, 0.15) is 0 Å². The summed E-state index contributed by atoms with van der Waals surface area (Å²) in [6.45, 7) is 8.40. The summed E-state index contributed by atoms with van der Waals surface area (Å²) in [6.07, 6.45) is 7.28. The lowest BCUT2D eigenvalue weighted by Gasteiger charge is -2.33. The molecule has 0 aliphatic heterocycles. The molecule has 2 rings (SSSR count). The lowest BCUT2D eigenvalue weighted by Crippen LogP contribution is -2.26. The molecule has 2 aliphatic rings. The Hall–Kier alpha value is 0.390. The van der Waals surface area contributed by atoms with Crippen LogP contribution in [0.1, 0.15) is 46.0 Å².